The SMILES string of the molecule is C=CCN(Cc1ccccc1)C(=O)C1N(CCCCCCO)C(=O)[C@@H]2[C@H](C(=O)OCC)[C@]3(C)CCC12O3. The van der Waals surface area contributed by atoms with Gasteiger partial charge >= 0.3 is 5.97 Å². The Labute approximate surface area is 219 Å². The number of nitrogens with zero attached hydrogens (tertiary/aromatic N) is 2. The van der Waals surface area contributed by atoms with Crippen molar-refractivity contribution in [3.8, 4) is 0 Å². The number of amides is 2. The van der Waals surface area contributed by atoms with Crippen LogP contribution in [0.5, 0.6) is 0 Å². The molecule has 1 spiro atoms. The van der Waals surface area contributed by atoms with Crippen LogP contribution in [0, 0.1) is 11.8 Å². The summed E-state index contributed by atoms with van der Waals surface area (Å²) in [5, 5.41) is 9.11. The molecule has 0 saturated carbocycles. The molecule has 3 saturated heterocycles. The fourth-order valence-corrected chi connectivity index (χ4v) is 6.65. The van der Waals surface area contributed by atoms with Crippen molar-refractivity contribution < 1.29 is 29.0 Å². The minimum absolute atomic E-state index is 0.137. The minimum atomic E-state index is -1.05. The maximum absolute atomic E-state index is 14.3. The normalized spacial score (nSPS) is 29.9. The Bertz CT molecular complexity index is 999. The zero-order valence-corrected chi connectivity index (χ0v) is 22.1. The van der Waals surface area contributed by atoms with Crippen molar-refractivity contribution in [3.63, 3.8) is 0 Å². The Kier molecular flexibility index (Phi) is 8.39. The van der Waals surface area contributed by atoms with Crippen LogP contribution in [0.2, 0.25) is 0 Å². The molecule has 0 aromatic heterocycles. The molecule has 5 atom stereocenters. The number of hydrogen-bond acceptors (Lipinski definition) is 6. The van der Waals surface area contributed by atoms with E-state index in [1.165, 1.54) is 0 Å². The van der Waals surface area contributed by atoms with Crippen LogP contribution >= 0.6 is 0 Å². The molecule has 8 nitrogen and oxygen atoms in total. The average molecular weight is 513 g/mol. The molecule has 37 heavy (non-hydrogen) atoms. The van der Waals surface area contributed by atoms with E-state index in [9.17, 15) is 14.4 Å². The molecular weight excluding hydrogens is 472 g/mol. The summed E-state index contributed by atoms with van der Waals surface area (Å²) in [6.07, 6.45) is 5.93. The van der Waals surface area contributed by atoms with Crippen LogP contribution in [0.15, 0.2) is 43.0 Å². The van der Waals surface area contributed by atoms with Crippen LogP contribution in [0.4, 0.5) is 0 Å². The lowest BCUT2D eigenvalue weighted by molar-refractivity contribution is -0.160. The highest BCUT2D eigenvalue weighted by Crippen LogP contribution is 2.63. The van der Waals surface area contributed by atoms with Gasteiger partial charge in [0.2, 0.25) is 11.8 Å². The molecule has 2 unspecified atom stereocenters. The number of unbranched alkanes of at least 4 members (excludes halogenated alkanes) is 3. The Morgan fingerprint density at radius 2 is 1.95 bits per heavy atom. The predicted molar refractivity (Wildman–Crippen MR) is 138 cm³/mol. The highest BCUT2D eigenvalue weighted by atomic mass is 16.6. The van der Waals surface area contributed by atoms with E-state index in [1.54, 1.807) is 22.8 Å². The van der Waals surface area contributed by atoms with Gasteiger partial charge < -0.3 is 24.4 Å². The van der Waals surface area contributed by atoms with Gasteiger partial charge in [-0.15, -0.1) is 6.58 Å². The fraction of sp³-hybridized carbons (Fsp3) is 0.621. The topological polar surface area (TPSA) is 96.4 Å². The van der Waals surface area contributed by atoms with Crippen molar-refractivity contribution >= 4 is 17.8 Å². The summed E-state index contributed by atoms with van der Waals surface area (Å²) >= 11 is 0. The van der Waals surface area contributed by atoms with Crippen molar-refractivity contribution in [1.82, 2.24) is 9.80 Å². The maximum atomic E-state index is 14.3. The zero-order valence-electron chi connectivity index (χ0n) is 22.1. The number of aliphatic hydroxyl groups is 1. The summed E-state index contributed by atoms with van der Waals surface area (Å²) < 4.78 is 12.0. The van der Waals surface area contributed by atoms with Gasteiger partial charge in [-0.25, -0.2) is 0 Å². The smallest absolute Gasteiger partial charge is 0.312 e. The van der Waals surface area contributed by atoms with Crippen LogP contribution in [-0.2, 0) is 30.4 Å². The lowest BCUT2D eigenvalue weighted by Crippen LogP contribution is -2.56. The lowest BCUT2D eigenvalue weighted by Gasteiger charge is -2.37. The Hall–Kier alpha value is -2.71. The van der Waals surface area contributed by atoms with Gasteiger partial charge in [0.25, 0.3) is 0 Å². The van der Waals surface area contributed by atoms with Crippen LogP contribution in [-0.4, -0.2) is 76.2 Å². The van der Waals surface area contributed by atoms with Gasteiger partial charge in [-0.2, -0.15) is 0 Å². The molecule has 2 amide bonds. The van der Waals surface area contributed by atoms with Crippen molar-refractivity contribution in [3.05, 3.63) is 48.6 Å². The van der Waals surface area contributed by atoms with E-state index in [0.29, 0.717) is 45.3 Å². The third-order valence-electron chi connectivity index (χ3n) is 8.24. The van der Waals surface area contributed by atoms with Crippen LogP contribution in [0.3, 0.4) is 0 Å². The quantitative estimate of drug-likeness (QED) is 0.248. The number of rotatable bonds is 13. The number of esters is 1. The third kappa shape index (κ3) is 4.93. The second-order valence-corrected chi connectivity index (χ2v) is 10.6. The van der Waals surface area contributed by atoms with Gasteiger partial charge in [-0.3, -0.25) is 14.4 Å². The molecule has 3 fully saturated rings. The van der Waals surface area contributed by atoms with Gasteiger partial charge in [0, 0.05) is 26.2 Å². The molecule has 0 aliphatic carbocycles. The first kappa shape index (κ1) is 27.3. The summed E-state index contributed by atoms with van der Waals surface area (Å²) in [4.78, 5) is 44.8. The molecule has 1 aromatic rings. The zero-order chi connectivity index (χ0) is 26.6. The number of likely N-dealkylation sites (tertiary alicyclic amines) is 1. The Morgan fingerprint density at radius 1 is 1.22 bits per heavy atom. The molecule has 8 heteroatoms. The maximum Gasteiger partial charge on any atom is 0.312 e. The molecular formula is C29H40N2O6. The van der Waals surface area contributed by atoms with Crippen molar-refractivity contribution in [1.29, 1.82) is 0 Å². The van der Waals surface area contributed by atoms with Crippen molar-refractivity contribution in [2.45, 2.75) is 76.2 Å². The standard InChI is InChI=1S/C29H40N2O6/c1-4-17-30(20-21-13-9-8-10-14-21)26(34)24-29-16-15-28(3,37-29)23(27(35)36-5-2)22(29)25(33)31(24)18-11-6-7-12-19-32/h4,8-10,13-14,22-24,32H,1,5-7,11-12,15-20H2,2-3H3/t22-,23+,24?,28-,29?/m0/s1. The molecule has 202 valence electrons. The van der Waals surface area contributed by atoms with Crippen molar-refractivity contribution in [2.24, 2.45) is 11.8 Å². The summed E-state index contributed by atoms with van der Waals surface area (Å²) in [7, 11) is 0. The largest absolute Gasteiger partial charge is 0.466 e. The molecule has 3 aliphatic rings. The molecule has 4 rings (SSSR count). The molecule has 1 N–H and O–H groups in total. The number of ether oxygens (including phenoxy) is 2. The molecule has 2 bridgehead atoms. The molecule has 0 radical (unpaired) electrons. The Morgan fingerprint density at radius 3 is 2.62 bits per heavy atom. The summed E-state index contributed by atoms with van der Waals surface area (Å²) in [6, 6.07) is 8.93. The third-order valence-corrected chi connectivity index (χ3v) is 8.24. The van der Waals surface area contributed by atoms with Gasteiger partial charge in [0.15, 0.2) is 0 Å². The molecule has 3 heterocycles. The molecule has 3 aliphatic heterocycles. The first-order chi connectivity index (χ1) is 17.8. The number of carbonyl (C=O) groups excluding carboxylic acids is 3. The van der Waals surface area contributed by atoms with Crippen molar-refractivity contribution in [2.75, 3.05) is 26.3 Å². The monoisotopic (exact) mass is 512 g/mol. The fourth-order valence-electron chi connectivity index (χ4n) is 6.65. The van der Waals surface area contributed by atoms with E-state index in [4.69, 9.17) is 14.6 Å². The summed E-state index contributed by atoms with van der Waals surface area (Å²) in [6.45, 7) is 8.97. The van der Waals surface area contributed by atoms with E-state index in [0.717, 1.165) is 18.4 Å². The minimum Gasteiger partial charge on any atom is -0.466 e. The average Bonchev–Trinajstić information content (AvgIpc) is 3.45. The highest BCUT2D eigenvalue weighted by molar-refractivity contribution is 5.98. The van der Waals surface area contributed by atoms with E-state index in [-0.39, 0.29) is 25.0 Å². The number of fused-ring (bicyclic) bond motifs is 1. The van der Waals surface area contributed by atoms with E-state index in [2.05, 4.69) is 6.58 Å². The number of benzene rings is 1. The highest BCUT2D eigenvalue weighted by Gasteiger charge is 2.78. The number of aliphatic hydroxyl groups excluding tert-OH is 1. The Balaban J connectivity index is 1.68. The van der Waals surface area contributed by atoms with Crippen LogP contribution in [0.25, 0.3) is 0 Å². The van der Waals surface area contributed by atoms with E-state index >= 15 is 0 Å². The second-order valence-electron chi connectivity index (χ2n) is 10.6. The van der Waals surface area contributed by atoms with E-state index < -0.39 is 35.0 Å². The predicted octanol–water partition coefficient (Wildman–Crippen LogP) is 3.08. The van der Waals surface area contributed by atoms with Gasteiger partial charge in [-0.05, 0) is 45.1 Å². The lowest BCUT2D eigenvalue weighted by atomic mass is 9.66. The summed E-state index contributed by atoms with van der Waals surface area (Å²) in [5.41, 5.74) is -0.901. The summed E-state index contributed by atoms with van der Waals surface area (Å²) in [5.74, 6) is -2.26. The number of carbonyl (C=O) groups is 3. The van der Waals surface area contributed by atoms with Crippen LogP contribution in [0.1, 0.15) is 57.9 Å². The van der Waals surface area contributed by atoms with Crippen LogP contribution < -0.4 is 0 Å². The first-order valence-corrected chi connectivity index (χ1v) is 13.5. The van der Waals surface area contributed by atoms with Gasteiger partial charge in [-0.1, -0.05) is 49.2 Å². The first-order valence-electron chi connectivity index (χ1n) is 13.5. The van der Waals surface area contributed by atoms with Gasteiger partial charge in [0.05, 0.1) is 18.1 Å². The number of hydrogen-bond donors (Lipinski definition) is 1. The molecule has 1 aromatic carbocycles. The second kappa shape index (κ2) is 11.4. The van der Waals surface area contributed by atoms with E-state index in [1.807, 2.05) is 37.3 Å². The van der Waals surface area contributed by atoms with Gasteiger partial charge in [0.1, 0.15) is 17.6 Å².